The van der Waals surface area contributed by atoms with Gasteiger partial charge in [0.15, 0.2) is 11.5 Å². The van der Waals surface area contributed by atoms with Gasteiger partial charge in [-0.25, -0.2) is 0 Å². The maximum atomic E-state index is 13.1. The number of rotatable bonds is 3. The van der Waals surface area contributed by atoms with Gasteiger partial charge in [-0.3, -0.25) is 9.89 Å². The van der Waals surface area contributed by atoms with Gasteiger partial charge in [-0.1, -0.05) is 24.3 Å². The fourth-order valence-electron chi connectivity index (χ4n) is 3.98. The number of thioether (sulfide) groups is 1. The number of fused-ring (bicyclic) bond motifs is 1. The number of aryl methyl sites for hydroxylation is 1. The highest BCUT2D eigenvalue weighted by atomic mass is 32.2. The van der Waals surface area contributed by atoms with Crippen molar-refractivity contribution in [3.63, 3.8) is 0 Å². The van der Waals surface area contributed by atoms with Crippen LogP contribution >= 0.6 is 11.8 Å². The Morgan fingerprint density at radius 2 is 2.00 bits per heavy atom. The van der Waals surface area contributed by atoms with Crippen LogP contribution in [0, 0.1) is 6.92 Å². The molecule has 1 saturated heterocycles. The molecule has 7 heteroatoms. The monoisotopic (exact) mass is 421 g/mol. The van der Waals surface area contributed by atoms with Crippen molar-refractivity contribution in [2.45, 2.75) is 18.6 Å². The van der Waals surface area contributed by atoms with Crippen molar-refractivity contribution in [2.24, 2.45) is 0 Å². The van der Waals surface area contributed by atoms with Crippen LogP contribution in [0.3, 0.4) is 0 Å². The van der Waals surface area contributed by atoms with Crippen molar-refractivity contribution in [3.05, 3.63) is 65.4 Å². The summed E-state index contributed by atoms with van der Waals surface area (Å²) in [6.07, 6.45) is 0.949. The Morgan fingerprint density at radius 3 is 2.90 bits per heavy atom. The van der Waals surface area contributed by atoms with Crippen LogP contribution < -0.4 is 9.47 Å². The number of carbonyl (C=O) groups is 1. The number of carbonyl (C=O) groups excluding carboxylic acids is 1. The van der Waals surface area contributed by atoms with Crippen molar-refractivity contribution >= 4 is 17.7 Å². The number of ether oxygens (including phenoxy) is 2. The van der Waals surface area contributed by atoms with E-state index in [9.17, 15) is 4.79 Å². The molecule has 3 aromatic rings. The van der Waals surface area contributed by atoms with Gasteiger partial charge in [0.25, 0.3) is 5.91 Å². The summed E-state index contributed by atoms with van der Waals surface area (Å²) < 4.78 is 10.8. The lowest BCUT2D eigenvalue weighted by Crippen LogP contribution is -2.33. The van der Waals surface area contributed by atoms with Crippen LogP contribution in [0.5, 0.6) is 11.5 Å². The molecule has 154 valence electrons. The summed E-state index contributed by atoms with van der Waals surface area (Å²) in [6.45, 7) is 3.87. The van der Waals surface area contributed by atoms with E-state index in [0.717, 1.165) is 42.3 Å². The van der Waals surface area contributed by atoms with E-state index in [1.54, 1.807) is 0 Å². The van der Waals surface area contributed by atoms with Crippen molar-refractivity contribution in [3.8, 4) is 22.8 Å². The molecule has 0 aliphatic carbocycles. The van der Waals surface area contributed by atoms with Crippen LogP contribution in [0.25, 0.3) is 11.3 Å². The molecule has 2 aliphatic rings. The zero-order valence-corrected chi connectivity index (χ0v) is 17.6. The van der Waals surface area contributed by atoms with Crippen LogP contribution in [0.2, 0.25) is 0 Å². The molecule has 30 heavy (non-hydrogen) atoms. The van der Waals surface area contributed by atoms with Gasteiger partial charge in [0.1, 0.15) is 5.69 Å². The van der Waals surface area contributed by atoms with Crippen molar-refractivity contribution < 1.29 is 14.3 Å². The predicted octanol–water partition coefficient (Wildman–Crippen LogP) is 4.43. The second kappa shape index (κ2) is 8.07. The number of hydrogen-bond acceptors (Lipinski definition) is 5. The first kappa shape index (κ1) is 19.1. The number of aromatic amines is 1. The molecule has 2 aliphatic heterocycles. The molecule has 0 radical (unpaired) electrons. The third-order valence-electron chi connectivity index (χ3n) is 5.64. The lowest BCUT2D eigenvalue weighted by atomic mass is 10.0. The van der Waals surface area contributed by atoms with E-state index in [4.69, 9.17) is 9.47 Å². The molecule has 5 rings (SSSR count). The molecule has 1 amide bonds. The summed E-state index contributed by atoms with van der Waals surface area (Å²) >= 11 is 1.94. The number of hydrogen-bond donors (Lipinski definition) is 1. The van der Waals surface area contributed by atoms with E-state index in [0.29, 0.717) is 16.7 Å². The Hall–Kier alpha value is -2.93. The van der Waals surface area contributed by atoms with Gasteiger partial charge in [0, 0.05) is 29.7 Å². The number of amides is 1. The maximum absolute atomic E-state index is 13.1. The first-order valence-electron chi connectivity index (χ1n) is 10.1. The highest BCUT2D eigenvalue weighted by molar-refractivity contribution is 7.99. The zero-order chi connectivity index (χ0) is 20.5. The fourth-order valence-corrected chi connectivity index (χ4v) is 5.30. The maximum Gasteiger partial charge on any atom is 0.271 e. The SMILES string of the molecule is Cc1ccccc1C1CCN(C(=O)c2cc(-c3ccc4c(c3)OCO4)n[nH]2)CCS1. The van der Waals surface area contributed by atoms with Gasteiger partial charge >= 0.3 is 0 Å². The Morgan fingerprint density at radius 1 is 1.13 bits per heavy atom. The third-order valence-corrected chi connectivity index (χ3v) is 6.95. The van der Waals surface area contributed by atoms with Crippen LogP contribution in [0.4, 0.5) is 0 Å². The van der Waals surface area contributed by atoms with Gasteiger partial charge in [0.05, 0.1) is 5.69 Å². The first-order chi connectivity index (χ1) is 14.7. The smallest absolute Gasteiger partial charge is 0.271 e. The van der Waals surface area contributed by atoms with Crippen molar-refractivity contribution in [2.75, 3.05) is 25.6 Å². The lowest BCUT2D eigenvalue weighted by Gasteiger charge is -2.19. The second-order valence-corrected chi connectivity index (χ2v) is 8.84. The number of H-pyrrole nitrogens is 1. The molecular formula is C23H23N3O3S. The third kappa shape index (κ3) is 3.65. The fraction of sp³-hybridized carbons (Fsp3) is 0.304. The minimum absolute atomic E-state index is 0.000488. The van der Waals surface area contributed by atoms with E-state index in [2.05, 4.69) is 41.4 Å². The normalized spacial score (nSPS) is 18.3. The Labute approximate surface area is 179 Å². The molecule has 0 saturated carbocycles. The minimum Gasteiger partial charge on any atom is -0.454 e. The number of nitrogens with one attached hydrogen (secondary N) is 1. The average molecular weight is 422 g/mol. The Bertz CT molecular complexity index is 1080. The number of nitrogens with zero attached hydrogens (tertiary/aromatic N) is 2. The first-order valence-corrected chi connectivity index (χ1v) is 11.2. The summed E-state index contributed by atoms with van der Waals surface area (Å²) in [5, 5.41) is 7.70. The van der Waals surface area contributed by atoms with Crippen LogP contribution in [0.15, 0.2) is 48.5 Å². The van der Waals surface area contributed by atoms with Crippen LogP contribution in [0.1, 0.15) is 33.3 Å². The number of aromatic nitrogens is 2. The summed E-state index contributed by atoms with van der Waals surface area (Å²) in [5.74, 6) is 2.36. The molecular weight excluding hydrogens is 398 g/mol. The Balaban J connectivity index is 1.29. The molecule has 1 atom stereocenters. The summed E-state index contributed by atoms with van der Waals surface area (Å²) in [5.41, 5.74) is 4.82. The molecule has 6 nitrogen and oxygen atoms in total. The van der Waals surface area contributed by atoms with E-state index in [1.165, 1.54) is 11.1 Å². The van der Waals surface area contributed by atoms with Gasteiger partial charge < -0.3 is 14.4 Å². The summed E-state index contributed by atoms with van der Waals surface area (Å²) in [6, 6.07) is 16.0. The van der Waals surface area contributed by atoms with E-state index >= 15 is 0 Å². The predicted molar refractivity (Wildman–Crippen MR) is 117 cm³/mol. The summed E-state index contributed by atoms with van der Waals surface area (Å²) in [4.78, 5) is 15.0. The van der Waals surface area contributed by atoms with Crippen molar-refractivity contribution in [1.29, 1.82) is 0 Å². The molecule has 3 heterocycles. The highest BCUT2D eigenvalue weighted by Gasteiger charge is 2.25. The zero-order valence-electron chi connectivity index (χ0n) is 16.8. The molecule has 0 spiro atoms. The standard InChI is InChI=1S/C23H23N3O3S/c1-15-4-2-3-5-17(15)22-8-9-26(10-11-30-22)23(27)19-13-18(24-25-19)16-6-7-20-21(12-16)29-14-28-20/h2-7,12-13,22H,8-11,14H2,1H3,(H,24,25). The van der Waals surface area contributed by atoms with Crippen LogP contribution in [-0.2, 0) is 0 Å². The highest BCUT2D eigenvalue weighted by Crippen LogP contribution is 2.37. The van der Waals surface area contributed by atoms with E-state index in [-0.39, 0.29) is 12.7 Å². The quantitative estimate of drug-likeness (QED) is 0.677. The van der Waals surface area contributed by atoms with E-state index < -0.39 is 0 Å². The Kier molecular flexibility index (Phi) is 5.12. The van der Waals surface area contributed by atoms with Gasteiger partial charge in [0.2, 0.25) is 6.79 Å². The van der Waals surface area contributed by atoms with E-state index in [1.807, 2.05) is 40.9 Å². The molecule has 0 bridgehead atoms. The van der Waals surface area contributed by atoms with Crippen molar-refractivity contribution in [1.82, 2.24) is 15.1 Å². The average Bonchev–Trinajstić information content (AvgIpc) is 3.38. The van der Waals surface area contributed by atoms with Gasteiger partial charge in [-0.05, 0) is 48.7 Å². The summed E-state index contributed by atoms with van der Waals surface area (Å²) in [7, 11) is 0. The minimum atomic E-state index is 0.000488. The molecule has 1 aromatic heterocycles. The van der Waals surface area contributed by atoms with Gasteiger partial charge in [-0.15, -0.1) is 0 Å². The van der Waals surface area contributed by atoms with Gasteiger partial charge in [-0.2, -0.15) is 16.9 Å². The lowest BCUT2D eigenvalue weighted by molar-refractivity contribution is 0.0760. The second-order valence-electron chi connectivity index (χ2n) is 7.53. The molecule has 1 unspecified atom stereocenters. The topological polar surface area (TPSA) is 67.5 Å². The van der Waals surface area contributed by atoms with Crippen LogP contribution in [-0.4, -0.2) is 46.6 Å². The molecule has 1 N–H and O–H groups in total. The largest absolute Gasteiger partial charge is 0.454 e. The number of benzene rings is 2. The molecule has 2 aromatic carbocycles. The molecule has 1 fully saturated rings.